The largest absolute Gasteiger partial charge is 0.279 e. The number of nitrogens with one attached hydrogen (secondary N) is 1. The Morgan fingerprint density at radius 1 is 1.11 bits per heavy atom. The van der Waals surface area contributed by atoms with E-state index in [0.717, 1.165) is 10.0 Å². The molecule has 1 N–H and O–H groups in total. The summed E-state index contributed by atoms with van der Waals surface area (Å²) in [5, 5.41) is 0.573. The molecular weight excluding hydrogens is 350 g/mol. The predicted molar refractivity (Wildman–Crippen MR) is 81.1 cm³/mol. The molecule has 100 valence electrons. The number of hydrogen-bond donors (Lipinski definition) is 1. The molecule has 0 unspecified atom stereocenters. The molecule has 3 nitrogen and oxygen atoms in total. The van der Waals surface area contributed by atoms with Crippen molar-refractivity contribution >= 4 is 43.2 Å². The van der Waals surface area contributed by atoms with Crippen LogP contribution in [0.4, 0.5) is 5.69 Å². The molecule has 0 aliphatic rings. The second kappa shape index (κ2) is 5.53. The number of aryl methyl sites for hydroxylation is 1. The highest BCUT2D eigenvalue weighted by atomic mass is 79.9. The second-order valence-electron chi connectivity index (χ2n) is 4.02. The first-order valence-electron chi connectivity index (χ1n) is 5.43. The fourth-order valence-corrected chi connectivity index (χ4v) is 3.18. The highest BCUT2D eigenvalue weighted by Crippen LogP contribution is 2.23. The van der Waals surface area contributed by atoms with E-state index in [1.165, 1.54) is 12.1 Å². The van der Waals surface area contributed by atoms with Crippen LogP contribution in [0.15, 0.2) is 51.8 Å². The summed E-state index contributed by atoms with van der Waals surface area (Å²) in [5.74, 6) is 0. The number of benzene rings is 2. The lowest BCUT2D eigenvalue weighted by Crippen LogP contribution is -2.13. The van der Waals surface area contributed by atoms with E-state index in [9.17, 15) is 8.42 Å². The zero-order valence-electron chi connectivity index (χ0n) is 10.0. The Balaban J connectivity index is 2.33. The van der Waals surface area contributed by atoms with Gasteiger partial charge in [-0.05, 0) is 55.0 Å². The van der Waals surface area contributed by atoms with Gasteiger partial charge < -0.3 is 0 Å². The highest BCUT2D eigenvalue weighted by Gasteiger charge is 2.14. The van der Waals surface area contributed by atoms with Gasteiger partial charge in [0.05, 0.1) is 10.6 Å². The summed E-state index contributed by atoms with van der Waals surface area (Å²) >= 11 is 9.11. The SMILES string of the molecule is Cc1cc(Cl)ccc1NS(=O)(=O)c1ccc(Br)cc1. The second-order valence-corrected chi connectivity index (χ2v) is 7.05. The lowest BCUT2D eigenvalue weighted by Gasteiger charge is -2.10. The van der Waals surface area contributed by atoms with Crippen LogP contribution in [0.3, 0.4) is 0 Å². The summed E-state index contributed by atoms with van der Waals surface area (Å²) in [7, 11) is -3.58. The van der Waals surface area contributed by atoms with Gasteiger partial charge in [0.15, 0.2) is 0 Å². The van der Waals surface area contributed by atoms with Crippen LogP contribution in [-0.4, -0.2) is 8.42 Å². The van der Waals surface area contributed by atoms with Crippen LogP contribution >= 0.6 is 27.5 Å². The molecule has 0 heterocycles. The molecule has 0 bridgehead atoms. The maximum Gasteiger partial charge on any atom is 0.261 e. The van der Waals surface area contributed by atoms with E-state index in [1.54, 1.807) is 37.3 Å². The average Bonchev–Trinajstić information content (AvgIpc) is 2.33. The Hall–Kier alpha value is -1.04. The summed E-state index contributed by atoms with van der Waals surface area (Å²) in [6, 6.07) is 11.4. The Bertz CT molecular complexity index is 699. The third-order valence-corrected chi connectivity index (χ3v) is 4.70. The van der Waals surface area contributed by atoms with Crippen LogP contribution < -0.4 is 4.72 Å². The van der Waals surface area contributed by atoms with Gasteiger partial charge in [-0.1, -0.05) is 27.5 Å². The van der Waals surface area contributed by atoms with Crippen LogP contribution in [0, 0.1) is 6.92 Å². The summed E-state index contributed by atoms with van der Waals surface area (Å²) in [4.78, 5) is 0.213. The molecule has 0 aliphatic heterocycles. The zero-order chi connectivity index (χ0) is 14.0. The van der Waals surface area contributed by atoms with E-state index in [2.05, 4.69) is 20.7 Å². The number of sulfonamides is 1. The normalized spacial score (nSPS) is 11.3. The van der Waals surface area contributed by atoms with Gasteiger partial charge in [-0.2, -0.15) is 0 Å². The Labute approximate surface area is 125 Å². The van der Waals surface area contributed by atoms with Crippen molar-refractivity contribution in [3.63, 3.8) is 0 Å². The third-order valence-electron chi connectivity index (χ3n) is 2.56. The first kappa shape index (κ1) is 14.4. The molecule has 19 heavy (non-hydrogen) atoms. The minimum absolute atomic E-state index is 0.213. The van der Waals surface area contributed by atoms with Gasteiger partial charge in [0, 0.05) is 9.50 Å². The topological polar surface area (TPSA) is 46.2 Å². The van der Waals surface area contributed by atoms with Gasteiger partial charge in [-0.3, -0.25) is 4.72 Å². The summed E-state index contributed by atoms with van der Waals surface area (Å²) in [5.41, 5.74) is 1.29. The number of anilines is 1. The van der Waals surface area contributed by atoms with Crippen LogP contribution in [0.25, 0.3) is 0 Å². The van der Waals surface area contributed by atoms with Gasteiger partial charge in [0.1, 0.15) is 0 Å². The predicted octanol–water partition coefficient (Wildman–Crippen LogP) is 4.21. The first-order chi connectivity index (χ1) is 8.88. The highest BCUT2D eigenvalue weighted by molar-refractivity contribution is 9.10. The van der Waals surface area contributed by atoms with Crippen molar-refractivity contribution < 1.29 is 8.42 Å². The molecule has 0 radical (unpaired) electrons. The van der Waals surface area contributed by atoms with Crippen molar-refractivity contribution in [1.29, 1.82) is 0 Å². The molecule has 0 amide bonds. The van der Waals surface area contributed by atoms with Crippen LogP contribution in [0.2, 0.25) is 5.02 Å². The first-order valence-corrected chi connectivity index (χ1v) is 8.08. The van der Waals surface area contributed by atoms with Crippen LogP contribution in [-0.2, 0) is 10.0 Å². The smallest absolute Gasteiger partial charge is 0.261 e. The standard InChI is InChI=1S/C13H11BrClNO2S/c1-9-8-11(15)4-7-13(9)16-19(17,18)12-5-2-10(14)3-6-12/h2-8,16H,1H3. The Morgan fingerprint density at radius 3 is 2.32 bits per heavy atom. The van der Waals surface area contributed by atoms with Gasteiger partial charge in [-0.25, -0.2) is 8.42 Å². The van der Waals surface area contributed by atoms with E-state index in [-0.39, 0.29) is 4.90 Å². The van der Waals surface area contributed by atoms with E-state index in [0.29, 0.717) is 10.7 Å². The summed E-state index contributed by atoms with van der Waals surface area (Å²) in [6.07, 6.45) is 0. The zero-order valence-corrected chi connectivity index (χ0v) is 13.2. The van der Waals surface area contributed by atoms with Crippen molar-refractivity contribution in [3.05, 3.63) is 57.5 Å². The van der Waals surface area contributed by atoms with Gasteiger partial charge in [-0.15, -0.1) is 0 Å². The molecule has 2 aromatic carbocycles. The number of halogens is 2. The summed E-state index contributed by atoms with van der Waals surface area (Å²) < 4.78 is 27.8. The maximum absolute atomic E-state index is 12.2. The maximum atomic E-state index is 12.2. The molecule has 0 saturated carbocycles. The monoisotopic (exact) mass is 359 g/mol. The van der Waals surface area contributed by atoms with E-state index < -0.39 is 10.0 Å². The van der Waals surface area contributed by atoms with Crippen LogP contribution in [0.1, 0.15) is 5.56 Å². The molecule has 0 spiro atoms. The molecule has 2 rings (SSSR count). The number of hydrogen-bond acceptors (Lipinski definition) is 2. The van der Waals surface area contributed by atoms with E-state index >= 15 is 0 Å². The fourth-order valence-electron chi connectivity index (χ4n) is 1.56. The lowest BCUT2D eigenvalue weighted by molar-refractivity contribution is 0.601. The van der Waals surface area contributed by atoms with Crippen molar-refractivity contribution in [3.8, 4) is 0 Å². The Kier molecular flexibility index (Phi) is 4.18. The molecular formula is C13H11BrClNO2S. The Morgan fingerprint density at radius 2 is 1.74 bits per heavy atom. The minimum Gasteiger partial charge on any atom is -0.279 e. The van der Waals surface area contributed by atoms with E-state index in [1.807, 2.05) is 0 Å². The molecule has 0 fully saturated rings. The molecule has 2 aromatic rings. The minimum atomic E-state index is -3.58. The number of rotatable bonds is 3. The molecule has 0 aliphatic carbocycles. The molecule has 0 saturated heterocycles. The fraction of sp³-hybridized carbons (Fsp3) is 0.0769. The van der Waals surface area contributed by atoms with Crippen LogP contribution in [0.5, 0.6) is 0 Å². The quantitative estimate of drug-likeness (QED) is 0.891. The lowest BCUT2D eigenvalue weighted by atomic mass is 10.2. The summed E-state index contributed by atoms with van der Waals surface area (Å²) in [6.45, 7) is 1.80. The van der Waals surface area contributed by atoms with Crippen molar-refractivity contribution in [1.82, 2.24) is 0 Å². The molecule has 0 atom stereocenters. The van der Waals surface area contributed by atoms with Crippen molar-refractivity contribution in [2.75, 3.05) is 4.72 Å². The average molecular weight is 361 g/mol. The van der Waals surface area contributed by atoms with Gasteiger partial charge in [0.25, 0.3) is 10.0 Å². The molecule has 6 heteroatoms. The van der Waals surface area contributed by atoms with Gasteiger partial charge in [0.2, 0.25) is 0 Å². The third kappa shape index (κ3) is 3.49. The molecule has 0 aromatic heterocycles. The van der Waals surface area contributed by atoms with Crippen molar-refractivity contribution in [2.24, 2.45) is 0 Å². The van der Waals surface area contributed by atoms with Gasteiger partial charge >= 0.3 is 0 Å². The van der Waals surface area contributed by atoms with Crippen molar-refractivity contribution in [2.45, 2.75) is 11.8 Å². The van der Waals surface area contributed by atoms with E-state index in [4.69, 9.17) is 11.6 Å².